The molecule has 0 aromatic heterocycles. The van der Waals surface area contributed by atoms with E-state index in [-0.39, 0.29) is 63.7 Å². The SMILES string of the molecule is CC(C)(C)c1cc(Cc2cc(C(C)(C)C)cc(C(C)(C)C)c2OP(=O)(O)O)c(O)c(C(C)(C)C)c1.[NaH]. The van der Waals surface area contributed by atoms with Crippen LogP contribution in [0.15, 0.2) is 24.3 Å². The van der Waals surface area contributed by atoms with Crippen molar-refractivity contribution in [1.82, 2.24) is 0 Å². The first-order valence-corrected chi connectivity index (χ1v) is 13.7. The summed E-state index contributed by atoms with van der Waals surface area (Å²) in [4.78, 5) is 19.6. The van der Waals surface area contributed by atoms with Gasteiger partial charge in [-0.2, -0.15) is 0 Å². The Labute approximate surface area is 240 Å². The number of phenols is 1. The summed E-state index contributed by atoms with van der Waals surface area (Å²) in [6.45, 7) is 24.9. The molecule has 0 saturated carbocycles. The van der Waals surface area contributed by atoms with Crippen LogP contribution >= 0.6 is 7.82 Å². The van der Waals surface area contributed by atoms with Crippen molar-refractivity contribution in [3.05, 3.63) is 57.6 Å². The molecule has 5 nitrogen and oxygen atoms in total. The number of hydrogen-bond acceptors (Lipinski definition) is 3. The molecule has 36 heavy (non-hydrogen) atoms. The molecule has 0 aliphatic carbocycles. The van der Waals surface area contributed by atoms with Gasteiger partial charge in [-0.1, -0.05) is 107 Å². The number of phenolic OH excluding ortho intramolecular Hbond substituents is 1. The van der Waals surface area contributed by atoms with Gasteiger partial charge in [-0.3, -0.25) is 9.79 Å². The molecular weight excluding hydrogens is 482 g/mol. The van der Waals surface area contributed by atoms with E-state index in [1.807, 2.05) is 39.0 Å². The maximum absolute atomic E-state index is 12.0. The first-order chi connectivity index (χ1) is 15.4. The number of phosphoric ester groups is 1. The van der Waals surface area contributed by atoms with Gasteiger partial charge in [-0.25, -0.2) is 4.57 Å². The van der Waals surface area contributed by atoms with Crippen molar-refractivity contribution in [2.75, 3.05) is 0 Å². The second-order valence-electron chi connectivity index (χ2n) is 13.8. The van der Waals surface area contributed by atoms with Gasteiger partial charge in [0, 0.05) is 12.0 Å². The van der Waals surface area contributed by atoms with Gasteiger partial charge in [-0.15, -0.1) is 0 Å². The molecule has 2 rings (SSSR count). The topological polar surface area (TPSA) is 87.0 Å². The average molecular weight is 529 g/mol. The summed E-state index contributed by atoms with van der Waals surface area (Å²) >= 11 is 0. The van der Waals surface area contributed by atoms with E-state index in [9.17, 15) is 19.5 Å². The van der Waals surface area contributed by atoms with Crippen LogP contribution in [0.3, 0.4) is 0 Å². The van der Waals surface area contributed by atoms with E-state index >= 15 is 0 Å². The number of aromatic hydroxyl groups is 1. The summed E-state index contributed by atoms with van der Waals surface area (Å²) in [6.07, 6.45) is 0.279. The normalized spacial score (nSPS) is 13.4. The molecule has 0 amide bonds. The predicted octanol–water partition coefficient (Wildman–Crippen LogP) is 7.00. The van der Waals surface area contributed by atoms with E-state index in [1.54, 1.807) is 0 Å². The van der Waals surface area contributed by atoms with Crippen molar-refractivity contribution >= 4 is 37.4 Å². The molecule has 0 atom stereocenters. The Bertz CT molecular complexity index is 1140. The van der Waals surface area contributed by atoms with Crippen LogP contribution < -0.4 is 4.52 Å². The van der Waals surface area contributed by atoms with E-state index in [0.717, 1.165) is 22.3 Å². The molecule has 2 aromatic carbocycles. The van der Waals surface area contributed by atoms with Gasteiger partial charge in [0.2, 0.25) is 0 Å². The Morgan fingerprint density at radius 3 is 1.42 bits per heavy atom. The molecule has 0 bridgehead atoms. The zero-order chi connectivity index (χ0) is 27.4. The predicted molar refractivity (Wildman–Crippen MR) is 152 cm³/mol. The van der Waals surface area contributed by atoms with E-state index in [0.29, 0.717) is 11.1 Å². The minimum atomic E-state index is -4.82. The standard InChI is InChI=1S/C29H45O5P.Na.H/c1-26(2,3)20-14-18(24(30)22(16-20)28(7,8)9)13-19-15-21(27(4,5)6)17-23(29(10,11)12)25(19)34-35(31,32)33;;/h14-17,30H,13H2,1-12H3,(H2,31,32,33);;. The van der Waals surface area contributed by atoms with Crippen LogP contribution in [0.2, 0.25) is 0 Å². The van der Waals surface area contributed by atoms with Gasteiger partial charge in [0.1, 0.15) is 11.5 Å². The van der Waals surface area contributed by atoms with Crippen molar-refractivity contribution < 1.29 is 24.0 Å². The maximum atomic E-state index is 12.0. The van der Waals surface area contributed by atoms with Gasteiger partial charge in [-0.05, 0) is 49.5 Å². The van der Waals surface area contributed by atoms with Crippen molar-refractivity contribution in [3.8, 4) is 11.5 Å². The fourth-order valence-corrected chi connectivity index (χ4v) is 4.53. The molecule has 0 radical (unpaired) electrons. The van der Waals surface area contributed by atoms with E-state index < -0.39 is 13.2 Å². The molecule has 7 heteroatoms. The molecular formula is C29H46NaO5P. The van der Waals surface area contributed by atoms with Gasteiger partial charge < -0.3 is 9.63 Å². The molecule has 198 valence electrons. The quantitative estimate of drug-likeness (QED) is 0.294. The van der Waals surface area contributed by atoms with Crippen LogP contribution in [-0.2, 0) is 32.6 Å². The minimum absolute atomic E-state index is 0. The van der Waals surface area contributed by atoms with Crippen molar-refractivity contribution in [2.24, 2.45) is 0 Å². The summed E-state index contributed by atoms with van der Waals surface area (Å²) in [5.41, 5.74) is 4.02. The number of hydrogen-bond donors (Lipinski definition) is 3. The molecule has 0 fully saturated rings. The fraction of sp³-hybridized carbons (Fsp3) is 0.586. The summed E-state index contributed by atoms with van der Waals surface area (Å²) in [6, 6.07) is 8.02. The summed E-state index contributed by atoms with van der Waals surface area (Å²) < 4.78 is 17.4. The van der Waals surface area contributed by atoms with Gasteiger partial charge in [0.25, 0.3) is 0 Å². The van der Waals surface area contributed by atoms with Crippen LogP contribution in [0.5, 0.6) is 11.5 Å². The molecule has 3 N–H and O–H groups in total. The van der Waals surface area contributed by atoms with Crippen molar-refractivity contribution in [3.63, 3.8) is 0 Å². The zero-order valence-electron chi connectivity index (χ0n) is 23.6. The first kappa shape index (κ1) is 33.2. The molecule has 2 aromatic rings. The van der Waals surface area contributed by atoms with Crippen LogP contribution in [0.25, 0.3) is 0 Å². The van der Waals surface area contributed by atoms with Gasteiger partial charge >= 0.3 is 37.4 Å². The number of rotatable bonds is 4. The Kier molecular flexibility index (Phi) is 9.92. The zero-order valence-corrected chi connectivity index (χ0v) is 24.5. The molecule has 0 aliphatic heterocycles. The third kappa shape index (κ3) is 8.35. The fourth-order valence-electron chi connectivity index (χ4n) is 4.08. The average Bonchev–Trinajstić information content (AvgIpc) is 2.59. The summed E-state index contributed by atoms with van der Waals surface area (Å²) in [7, 11) is -4.82. The number of phosphoric acid groups is 1. The molecule has 0 aliphatic rings. The molecule has 0 spiro atoms. The van der Waals surface area contributed by atoms with Crippen molar-refractivity contribution in [1.29, 1.82) is 0 Å². The number of benzene rings is 2. The van der Waals surface area contributed by atoms with E-state index in [4.69, 9.17) is 4.52 Å². The molecule has 0 heterocycles. The van der Waals surface area contributed by atoms with E-state index in [1.165, 1.54) is 0 Å². The van der Waals surface area contributed by atoms with Crippen LogP contribution in [0.4, 0.5) is 0 Å². The summed E-state index contributed by atoms with van der Waals surface area (Å²) in [5.74, 6) is 0.405. The first-order valence-electron chi connectivity index (χ1n) is 12.2. The molecule has 0 saturated heterocycles. The second-order valence-corrected chi connectivity index (χ2v) is 15.0. The monoisotopic (exact) mass is 528 g/mol. The van der Waals surface area contributed by atoms with Gasteiger partial charge in [0.05, 0.1) is 0 Å². The van der Waals surface area contributed by atoms with Crippen LogP contribution in [-0.4, -0.2) is 44.5 Å². The Morgan fingerprint density at radius 2 is 1.06 bits per heavy atom. The Balaban J connectivity index is 0.00000648. The van der Waals surface area contributed by atoms with Crippen LogP contribution in [0.1, 0.15) is 116 Å². The molecule has 0 unspecified atom stereocenters. The van der Waals surface area contributed by atoms with Gasteiger partial charge in [0.15, 0.2) is 0 Å². The third-order valence-electron chi connectivity index (χ3n) is 6.29. The Morgan fingerprint density at radius 1 is 0.667 bits per heavy atom. The van der Waals surface area contributed by atoms with Crippen LogP contribution in [0, 0.1) is 0 Å². The second kappa shape index (κ2) is 10.8. The Hall–Kier alpha value is -0.810. The summed E-state index contributed by atoms with van der Waals surface area (Å²) in [5, 5.41) is 11.4. The van der Waals surface area contributed by atoms with E-state index in [2.05, 4.69) is 68.4 Å². The van der Waals surface area contributed by atoms with Crippen molar-refractivity contribution in [2.45, 2.75) is 111 Å². The third-order valence-corrected chi connectivity index (χ3v) is 6.71.